The number of carbonyl (C=O) groups excluding carboxylic acids is 2. The van der Waals surface area contributed by atoms with Crippen LogP contribution in [0.25, 0.3) is 0 Å². The first-order valence-corrected chi connectivity index (χ1v) is 10.2. The van der Waals surface area contributed by atoms with Crippen LogP contribution in [0.15, 0.2) is 54.6 Å². The van der Waals surface area contributed by atoms with Gasteiger partial charge in [-0.2, -0.15) is 0 Å². The van der Waals surface area contributed by atoms with E-state index in [9.17, 15) is 9.59 Å². The molecule has 2 aromatic rings. The van der Waals surface area contributed by atoms with Crippen molar-refractivity contribution in [3.63, 3.8) is 0 Å². The molecule has 6 heteroatoms. The number of amides is 3. The fourth-order valence-electron chi connectivity index (χ4n) is 3.53. The maximum Gasteiger partial charge on any atom is 0.321 e. The first kappa shape index (κ1) is 20.7. The molecule has 154 valence electrons. The number of para-hydroxylation sites is 2. The second-order valence-corrected chi connectivity index (χ2v) is 7.35. The smallest absolute Gasteiger partial charge is 0.321 e. The van der Waals surface area contributed by atoms with Gasteiger partial charge in [0.05, 0.1) is 12.8 Å². The molecule has 3 amide bonds. The predicted octanol–water partition coefficient (Wildman–Crippen LogP) is 3.69. The number of piperidine rings is 1. The van der Waals surface area contributed by atoms with Crippen LogP contribution in [0.3, 0.4) is 0 Å². The molecule has 2 aromatic carbocycles. The summed E-state index contributed by atoms with van der Waals surface area (Å²) in [5.74, 6) is 1.14. The number of anilines is 1. The summed E-state index contributed by atoms with van der Waals surface area (Å²) in [4.78, 5) is 26.4. The predicted molar refractivity (Wildman–Crippen MR) is 114 cm³/mol. The second-order valence-electron chi connectivity index (χ2n) is 7.35. The van der Waals surface area contributed by atoms with Gasteiger partial charge in [-0.15, -0.1) is 0 Å². The maximum absolute atomic E-state index is 12.5. The fraction of sp³-hybridized carbons (Fsp3) is 0.391. The third-order valence-electron chi connectivity index (χ3n) is 5.32. The van der Waals surface area contributed by atoms with Crippen molar-refractivity contribution in [1.82, 2.24) is 10.2 Å². The van der Waals surface area contributed by atoms with E-state index in [-0.39, 0.29) is 11.9 Å². The summed E-state index contributed by atoms with van der Waals surface area (Å²) in [6, 6.07) is 17.3. The Labute approximate surface area is 172 Å². The Morgan fingerprint density at radius 3 is 2.45 bits per heavy atom. The molecule has 0 unspecified atom stereocenters. The van der Waals surface area contributed by atoms with Crippen LogP contribution in [0.2, 0.25) is 0 Å². The Hall–Kier alpha value is -3.02. The first-order chi connectivity index (χ1) is 14.2. The fourth-order valence-corrected chi connectivity index (χ4v) is 3.53. The number of methoxy groups -OCH3 is 1. The minimum Gasteiger partial charge on any atom is -0.495 e. The molecule has 0 saturated carbocycles. The van der Waals surface area contributed by atoms with Crippen LogP contribution in [-0.4, -0.2) is 43.6 Å². The minimum atomic E-state index is -0.111. The summed E-state index contributed by atoms with van der Waals surface area (Å²) in [5.41, 5.74) is 1.85. The van der Waals surface area contributed by atoms with Crippen LogP contribution in [-0.2, 0) is 11.2 Å². The molecule has 1 heterocycles. The van der Waals surface area contributed by atoms with Crippen molar-refractivity contribution in [1.29, 1.82) is 0 Å². The quantitative estimate of drug-likeness (QED) is 0.751. The zero-order valence-corrected chi connectivity index (χ0v) is 16.9. The largest absolute Gasteiger partial charge is 0.495 e. The number of hydrogen-bond donors (Lipinski definition) is 2. The van der Waals surface area contributed by atoms with E-state index in [0.29, 0.717) is 43.4 Å². The van der Waals surface area contributed by atoms with Gasteiger partial charge in [0.25, 0.3) is 0 Å². The topological polar surface area (TPSA) is 70.7 Å². The number of nitrogens with one attached hydrogen (secondary N) is 2. The highest BCUT2D eigenvalue weighted by atomic mass is 16.5. The minimum absolute atomic E-state index is 0.0881. The molecule has 0 aromatic heterocycles. The lowest BCUT2D eigenvalue weighted by Crippen LogP contribution is -2.43. The van der Waals surface area contributed by atoms with Gasteiger partial charge in [0, 0.05) is 26.1 Å². The molecule has 1 aliphatic heterocycles. The summed E-state index contributed by atoms with van der Waals surface area (Å²) in [5, 5.41) is 5.97. The lowest BCUT2D eigenvalue weighted by Gasteiger charge is -2.32. The van der Waals surface area contributed by atoms with Crippen molar-refractivity contribution in [2.24, 2.45) is 5.92 Å². The second kappa shape index (κ2) is 10.5. The molecule has 1 saturated heterocycles. The third kappa shape index (κ3) is 6.24. The molecular formula is C23H29N3O3. The van der Waals surface area contributed by atoms with Gasteiger partial charge >= 0.3 is 6.03 Å². The Morgan fingerprint density at radius 2 is 1.72 bits per heavy atom. The number of rotatable bonds is 7. The first-order valence-electron chi connectivity index (χ1n) is 10.2. The average molecular weight is 396 g/mol. The molecule has 3 rings (SSSR count). The SMILES string of the molecule is COc1ccccc1NC(=O)N1CCC(CNC(=O)CCc2ccccc2)CC1. The summed E-state index contributed by atoms with van der Waals surface area (Å²) < 4.78 is 5.28. The molecule has 29 heavy (non-hydrogen) atoms. The number of carbonyl (C=O) groups is 2. The molecule has 1 aliphatic rings. The van der Waals surface area contributed by atoms with E-state index >= 15 is 0 Å². The highest BCUT2D eigenvalue weighted by molar-refractivity contribution is 5.91. The van der Waals surface area contributed by atoms with Crippen molar-refractivity contribution < 1.29 is 14.3 Å². The van der Waals surface area contributed by atoms with Gasteiger partial charge in [-0.3, -0.25) is 4.79 Å². The number of urea groups is 1. The van der Waals surface area contributed by atoms with E-state index in [1.807, 2.05) is 59.5 Å². The van der Waals surface area contributed by atoms with Crippen molar-refractivity contribution in [3.8, 4) is 5.75 Å². The summed E-state index contributed by atoms with van der Waals surface area (Å²) >= 11 is 0. The van der Waals surface area contributed by atoms with Crippen LogP contribution in [0.1, 0.15) is 24.8 Å². The van der Waals surface area contributed by atoms with E-state index in [4.69, 9.17) is 4.74 Å². The van der Waals surface area contributed by atoms with Gasteiger partial charge < -0.3 is 20.3 Å². The van der Waals surface area contributed by atoms with E-state index in [1.54, 1.807) is 7.11 Å². The summed E-state index contributed by atoms with van der Waals surface area (Å²) in [6.07, 6.45) is 3.04. The highest BCUT2D eigenvalue weighted by Crippen LogP contribution is 2.24. The van der Waals surface area contributed by atoms with Crippen molar-refractivity contribution in [3.05, 3.63) is 60.2 Å². The Bertz CT molecular complexity index is 802. The van der Waals surface area contributed by atoms with Crippen LogP contribution < -0.4 is 15.4 Å². The van der Waals surface area contributed by atoms with Crippen molar-refractivity contribution in [2.45, 2.75) is 25.7 Å². The molecule has 2 N–H and O–H groups in total. The van der Waals surface area contributed by atoms with Gasteiger partial charge in [-0.05, 0) is 42.9 Å². The number of ether oxygens (including phenoxy) is 1. The zero-order valence-electron chi connectivity index (χ0n) is 16.9. The summed E-state index contributed by atoms with van der Waals surface area (Å²) in [7, 11) is 1.59. The lowest BCUT2D eigenvalue weighted by molar-refractivity contribution is -0.121. The number of hydrogen-bond acceptors (Lipinski definition) is 3. The number of aryl methyl sites for hydroxylation is 1. The molecule has 0 bridgehead atoms. The van der Waals surface area contributed by atoms with Crippen LogP contribution in [0.5, 0.6) is 5.75 Å². The van der Waals surface area contributed by atoms with Gasteiger partial charge in [0.15, 0.2) is 0 Å². The number of nitrogens with zero attached hydrogens (tertiary/aromatic N) is 1. The number of benzene rings is 2. The lowest BCUT2D eigenvalue weighted by atomic mass is 9.97. The van der Waals surface area contributed by atoms with Crippen molar-refractivity contribution >= 4 is 17.6 Å². The molecule has 0 aliphatic carbocycles. The van der Waals surface area contributed by atoms with Gasteiger partial charge in [0.1, 0.15) is 5.75 Å². The van der Waals surface area contributed by atoms with E-state index in [1.165, 1.54) is 5.56 Å². The monoisotopic (exact) mass is 395 g/mol. The van der Waals surface area contributed by atoms with Crippen molar-refractivity contribution in [2.75, 3.05) is 32.1 Å². The Morgan fingerprint density at radius 1 is 1.03 bits per heavy atom. The molecule has 0 atom stereocenters. The average Bonchev–Trinajstić information content (AvgIpc) is 2.77. The standard InChI is InChI=1S/C23H29N3O3/c1-29-21-10-6-5-9-20(21)25-23(28)26-15-13-19(14-16-26)17-24-22(27)12-11-18-7-3-2-4-8-18/h2-10,19H,11-17H2,1H3,(H,24,27)(H,25,28). The van der Waals surface area contributed by atoms with Gasteiger partial charge in [-0.1, -0.05) is 42.5 Å². The Kier molecular flexibility index (Phi) is 7.50. The Balaban J connectivity index is 1.36. The third-order valence-corrected chi connectivity index (χ3v) is 5.32. The zero-order chi connectivity index (χ0) is 20.5. The molecule has 1 fully saturated rings. The molecule has 6 nitrogen and oxygen atoms in total. The molecular weight excluding hydrogens is 366 g/mol. The van der Waals surface area contributed by atoms with Gasteiger partial charge in [0.2, 0.25) is 5.91 Å². The maximum atomic E-state index is 12.5. The van der Waals surface area contributed by atoms with E-state index < -0.39 is 0 Å². The highest BCUT2D eigenvalue weighted by Gasteiger charge is 2.23. The van der Waals surface area contributed by atoms with Crippen LogP contribution in [0.4, 0.5) is 10.5 Å². The van der Waals surface area contributed by atoms with Crippen LogP contribution >= 0.6 is 0 Å². The summed E-state index contributed by atoms with van der Waals surface area (Å²) in [6.45, 7) is 2.05. The molecule has 0 spiro atoms. The van der Waals surface area contributed by atoms with Gasteiger partial charge in [-0.25, -0.2) is 4.79 Å². The normalized spacial score (nSPS) is 14.3. The van der Waals surface area contributed by atoms with Crippen LogP contribution in [0, 0.1) is 5.92 Å². The molecule has 0 radical (unpaired) electrons. The number of likely N-dealkylation sites (tertiary alicyclic amines) is 1. The van der Waals surface area contributed by atoms with E-state index in [2.05, 4.69) is 10.6 Å². The van der Waals surface area contributed by atoms with E-state index in [0.717, 1.165) is 19.3 Å².